The number of amides is 1. The highest BCUT2D eigenvalue weighted by atomic mass is 32.1. The number of H-pyrrole nitrogens is 1. The Morgan fingerprint density at radius 2 is 1.84 bits per heavy atom. The van der Waals surface area contributed by atoms with Crippen molar-refractivity contribution in [3.63, 3.8) is 0 Å². The van der Waals surface area contributed by atoms with Crippen molar-refractivity contribution in [2.75, 3.05) is 5.32 Å². The molecule has 2 aromatic carbocycles. The molecule has 3 aromatic heterocycles. The molecule has 7 heteroatoms. The molecule has 0 radical (unpaired) electrons. The Kier molecular flexibility index (Phi) is 5.09. The molecule has 32 heavy (non-hydrogen) atoms. The first kappa shape index (κ1) is 19.8. The van der Waals surface area contributed by atoms with Gasteiger partial charge in [-0.15, -0.1) is 11.3 Å². The predicted molar refractivity (Wildman–Crippen MR) is 127 cm³/mol. The molecule has 0 aliphatic carbocycles. The number of hydrogen-bond donors (Lipinski definition) is 2. The number of anilines is 1. The van der Waals surface area contributed by atoms with Gasteiger partial charge in [0.2, 0.25) is 0 Å². The molecule has 5 aromatic rings. The third-order valence-electron chi connectivity index (χ3n) is 5.16. The molecule has 0 spiro atoms. The van der Waals surface area contributed by atoms with Gasteiger partial charge in [0.05, 0.1) is 11.3 Å². The van der Waals surface area contributed by atoms with Crippen LogP contribution in [-0.2, 0) is 4.79 Å². The number of Topliss-reactive ketones (excluding diaryl/α,β-unsaturated/α-hetero) is 1. The molecular formula is C25H18N4O2S. The van der Waals surface area contributed by atoms with Crippen molar-refractivity contribution in [3.05, 3.63) is 89.7 Å². The van der Waals surface area contributed by atoms with Gasteiger partial charge in [0.1, 0.15) is 5.01 Å². The van der Waals surface area contributed by atoms with Gasteiger partial charge in [-0.05, 0) is 37.3 Å². The van der Waals surface area contributed by atoms with Gasteiger partial charge in [0, 0.05) is 51.2 Å². The average Bonchev–Trinajstić information content (AvgIpc) is 3.44. The van der Waals surface area contributed by atoms with E-state index in [0.29, 0.717) is 16.9 Å². The van der Waals surface area contributed by atoms with Crippen LogP contribution in [0.15, 0.2) is 78.4 Å². The second-order valence-corrected chi connectivity index (χ2v) is 8.17. The fourth-order valence-electron chi connectivity index (χ4n) is 3.66. The van der Waals surface area contributed by atoms with Crippen molar-refractivity contribution in [1.82, 2.24) is 15.0 Å². The number of rotatable bonds is 5. The first-order valence-electron chi connectivity index (χ1n) is 9.99. The Balaban J connectivity index is 1.38. The van der Waals surface area contributed by atoms with E-state index in [4.69, 9.17) is 0 Å². The molecule has 3 heterocycles. The summed E-state index contributed by atoms with van der Waals surface area (Å²) in [5.74, 6) is -1.25. The van der Waals surface area contributed by atoms with Crippen LogP contribution in [0.4, 0.5) is 5.69 Å². The number of para-hydroxylation sites is 1. The Bertz CT molecular complexity index is 1450. The fourth-order valence-corrected chi connectivity index (χ4v) is 4.48. The maximum Gasteiger partial charge on any atom is 0.296 e. The van der Waals surface area contributed by atoms with Crippen LogP contribution >= 0.6 is 11.3 Å². The molecule has 0 saturated heterocycles. The normalized spacial score (nSPS) is 10.9. The summed E-state index contributed by atoms with van der Waals surface area (Å²) >= 11 is 1.53. The lowest BCUT2D eigenvalue weighted by Gasteiger charge is -2.06. The number of carbonyl (C=O) groups excluding carboxylic acids is 2. The Hall–Kier alpha value is -4.10. The second kappa shape index (κ2) is 8.20. The van der Waals surface area contributed by atoms with Gasteiger partial charge in [-0.2, -0.15) is 0 Å². The number of nitrogens with zero attached hydrogens (tertiary/aromatic N) is 2. The van der Waals surface area contributed by atoms with Gasteiger partial charge in [-0.3, -0.25) is 14.6 Å². The molecule has 0 fully saturated rings. The molecule has 0 bridgehead atoms. The maximum absolute atomic E-state index is 12.9. The van der Waals surface area contributed by atoms with Crippen molar-refractivity contribution in [2.45, 2.75) is 6.92 Å². The van der Waals surface area contributed by atoms with E-state index in [9.17, 15) is 9.59 Å². The van der Waals surface area contributed by atoms with Crippen LogP contribution in [-0.4, -0.2) is 26.6 Å². The van der Waals surface area contributed by atoms with Crippen LogP contribution in [0.1, 0.15) is 16.1 Å². The summed E-state index contributed by atoms with van der Waals surface area (Å²) in [4.78, 5) is 37.6. The highest BCUT2D eigenvalue weighted by molar-refractivity contribution is 7.13. The van der Waals surface area contributed by atoms with Gasteiger partial charge >= 0.3 is 0 Å². The van der Waals surface area contributed by atoms with Crippen LogP contribution in [0.2, 0.25) is 0 Å². The zero-order chi connectivity index (χ0) is 22.1. The molecule has 0 aliphatic rings. The maximum atomic E-state index is 12.9. The van der Waals surface area contributed by atoms with Crippen molar-refractivity contribution in [3.8, 4) is 21.8 Å². The minimum Gasteiger partial charge on any atom is -0.358 e. The van der Waals surface area contributed by atoms with Crippen molar-refractivity contribution < 1.29 is 9.59 Å². The first-order valence-corrected chi connectivity index (χ1v) is 10.9. The molecule has 0 unspecified atom stereocenters. The highest BCUT2D eigenvalue weighted by Gasteiger charge is 2.22. The van der Waals surface area contributed by atoms with E-state index in [1.165, 1.54) is 11.3 Å². The van der Waals surface area contributed by atoms with Crippen LogP contribution in [0.25, 0.3) is 32.7 Å². The number of ketones is 1. The van der Waals surface area contributed by atoms with Gasteiger partial charge in [-0.1, -0.05) is 30.3 Å². The van der Waals surface area contributed by atoms with E-state index in [-0.39, 0.29) is 0 Å². The van der Waals surface area contributed by atoms with Crippen LogP contribution in [0.5, 0.6) is 0 Å². The van der Waals surface area contributed by atoms with Gasteiger partial charge in [0.15, 0.2) is 0 Å². The van der Waals surface area contributed by atoms with E-state index in [0.717, 1.165) is 32.7 Å². The molecule has 0 aliphatic heterocycles. The zero-order valence-corrected chi connectivity index (χ0v) is 17.9. The lowest BCUT2D eigenvalue weighted by atomic mass is 10.1. The second-order valence-electron chi connectivity index (χ2n) is 7.31. The van der Waals surface area contributed by atoms with E-state index in [2.05, 4.69) is 20.3 Å². The SMILES string of the molecule is Cc1[nH]c2ccccc2c1C(=O)C(=O)Nc1cccc(-c2csc(-c3cccnc3)n2)c1. The summed E-state index contributed by atoms with van der Waals surface area (Å²) in [6, 6.07) is 18.6. The monoisotopic (exact) mass is 438 g/mol. The number of carbonyl (C=O) groups is 2. The minimum absolute atomic E-state index is 0.398. The largest absolute Gasteiger partial charge is 0.358 e. The Morgan fingerprint density at radius 3 is 2.69 bits per heavy atom. The summed E-state index contributed by atoms with van der Waals surface area (Å²) in [5, 5.41) is 6.30. The van der Waals surface area contributed by atoms with Crippen molar-refractivity contribution in [1.29, 1.82) is 0 Å². The molecule has 6 nitrogen and oxygen atoms in total. The Morgan fingerprint density at radius 1 is 1.00 bits per heavy atom. The highest BCUT2D eigenvalue weighted by Crippen LogP contribution is 2.30. The van der Waals surface area contributed by atoms with E-state index >= 15 is 0 Å². The minimum atomic E-state index is -0.677. The number of pyridine rings is 1. The number of nitrogens with one attached hydrogen (secondary N) is 2. The van der Waals surface area contributed by atoms with Crippen LogP contribution < -0.4 is 5.32 Å². The summed E-state index contributed by atoms with van der Waals surface area (Å²) < 4.78 is 0. The molecule has 156 valence electrons. The molecule has 0 atom stereocenters. The number of fused-ring (bicyclic) bond motifs is 1. The van der Waals surface area contributed by atoms with Crippen LogP contribution in [0, 0.1) is 6.92 Å². The number of benzene rings is 2. The topological polar surface area (TPSA) is 87.7 Å². The third kappa shape index (κ3) is 3.70. The zero-order valence-electron chi connectivity index (χ0n) is 17.1. The summed E-state index contributed by atoms with van der Waals surface area (Å²) in [7, 11) is 0. The predicted octanol–water partition coefficient (Wildman–Crippen LogP) is 5.48. The van der Waals surface area contributed by atoms with E-state index in [1.807, 2.05) is 60.0 Å². The summed E-state index contributed by atoms with van der Waals surface area (Å²) in [5.41, 5.74) is 5.03. The standard InChI is InChI=1S/C25H18N4O2S/c1-15-22(19-9-2-3-10-20(19)27-15)23(30)24(31)28-18-8-4-6-16(12-18)21-14-32-25(29-21)17-7-5-11-26-13-17/h2-14,27H,1H3,(H,28,31). The summed E-state index contributed by atoms with van der Waals surface area (Å²) in [6.07, 6.45) is 3.50. The first-order chi connectivity index (χ1) is 15.6. The van der Waals surface area contributed by atoms with Crippen molar-refractivity contribution in [2.24, 2.45) is 0 Å². The quantitative estimate of drug-likeness (QED) is 0.281. The van der Waals surface area contributed by atoms with E-state index in [1.54, 1.807) is 25.4 Å². The van der Waals surface area contributed by atoms with Crippen LogP contribution in [0.3, 0.4) is 0 Å². The van der Waals surface area contributed by atoms with Gasteiger partial charge < -0.3 is 10.3 Å². The molecule has 5 rings (SSSR count). The lowest BCUT2D eigenvalue weighted by Crippen LogP contribution is -2.23. The molecular weight excluding hydrogens is 420 g/mol. The number of thiazole rings is 1. The van der Waals surface area contributed by atoms with Crippen molar-refractivity contribution >= 4 is 39.6 Å². The third-order valence-corrected chi connectivity index (χ3v) is 6.05. The smallest absolute Gasteiger partial charge is 0.296 e. The van der Waals surface area contributed by atoms with Gasteiger partial charge in [0.25, 0.3) is 11.7 Å². The molecule has 0 saturated carbocycles. The van der Waals surface area contributed by atoms with E-state index < -0.39 is 11.7 Å². The number of hydrogen-bond acceptors (Lipinski definition) is 5. The number of aromatic amines is 1. The summed E-state index contributed by atoms with van der Waals surface area (Å²) in [6.45, 7) is 1.79. The van der Waals surface area contributed by atoms with Gasteiger partial charge in [-0.25, -0.2) is 4.98 Å². The molecule has 1 amide bonds. The fraction of sp³-hybridized carbons (Fsp3) is 0.0400. The average molecular weight is 439 g/mol. The number of aryl methyl sites for hydroxylation is 1. The Labute approximate surface area is 188 Å². The number of aromatic nitrogens is 3. The lowest BCUT2D eigenvalue weighted by molar-refractivity contribution is -0.112. The molecule has 2 N–H and O–H groups in total.